The first-order chi connectivity index (χ1) is 13.8. The molecule has 0 spiro atoms. The van der Waals surface area contributed by atoms with Gasteiger partial charge in [-0.05, 0) is 47.6 Å². The number of rotatable bonds is 11. The van der Waals surface area contributed by atoms with Crippen LogP contribution in [0, 0.1) is 31.9 Å². The van der Waals surface area contributed by atoms with Crippen LogP contribution in [0.4, 0.5) is 8.78 Å². The van der Waals surface area contributed by atoms with Gasteiger partial charge in [0.2, 0.25) is 0 Å². The van der Waals surface area contributed by atoms with Crippen LogP contribution in [-0.2, 0) is 16.1 Å². The lowest BCUT2D eigenvalue weighted by atomic mass is 10.0. The zero-order valence-corrected chi connectivity index (χ0v) is 15.6. The third-order valence-electron chi connectivity index (χ3n) is 3.74. The Morgan fingerprint density at radius 2 is 1.86 bits per heavy atom. The first-order valence-corrected chi connectivity index (χ1v) is 9.35. The highest BCUT2D eigenvalue weighted by molar-refractivity contribution is 7.99. The van der Waals surface area contributed by atoms with Gasteiger partial charge in [-0.2, -0.15) is 11.8 Å². The Kier molecular flexibility index (Phi) is 7.95. The molecule has 0 aromatic heterocycles. The first-order valence-electron chi connectivity index (χ1n) is 8.19. The lowest BCUT2D eigenvalue weighted by Crippen LogP contribution is -2.27. The van der Waals surface area contributed by atoms with E-state index in [9.17, 15) is 34.1 Å². The molecule has 0 aliphatic heterocycles. The highest BCUT2D eigenvalue weighted by Crippen LogP contribution is 2.29. The van der Waals surface area contributed by atoms with Crippen LogP contribution in [0.5, 0.6) is 5.75 Å². The summed E-state index contributed by atoms with van der Waals surface area (Å²) in [7, 11) is 0. The van der Waals surface area contributed by atoms with E-state index < -0.39 is 34.5 Å². The third kappa shape index (κ3) is 7.07. The summed E-state index contributed by atoms with van der Waals surface area (Å²) in [4.78, 5) is 29.1. The molecule has 0 bridgehead atoms. The van der Waals surface area contributed by atoms with Gasteiger partial charge in [-0.1, -0.05) is 6.07 Å². The van der Waals surface area contributed by atoms with Gasteiger partial charge < -0.3 is 14.8 Å². The molecule has 1 atom stereocenters. The first kappa shape index (κ1) is 22.1. The molecule has 0 aliphatic carbocycles. The summed E-state index contributed by atoms with van der Waals surface area (Å²) in [5, 5.41) is 28.5. The van der Waals surface area contributed by atoms with Gasteiger partial charge in [0.15, 0.2) is 0 Å². The van der Waals surface area contributed by atoms with E-state index in [0.717, 1.165) is 12.1 Å². The van der Waals surface area contributed by atoms with Crippen LogP contribution in [0.2, 0.25) is 0 Å². The molecule has 0 heterocycles. The number of hydrogen-bond donors (Lipinski definition) is 1. The highest BCUT2D eigenvalue weighted by Gasteiger charge is 2.16. The predicted molar refractivity (Wildman–Crippen MR) is 99.3 cm³/mol. The molecule has 1 N–H and O–H groups in total. The second-order valence-electron chi connectivity index (χ2n) is 5.76. The number of nitrogens with zero attached hydrogens (tertiary/aromatic N) is 2. The SMILES string of the molecule is O=[N+]([O-])OCC(CSCCc1cc(-c2ccc(F)cc2F)ccc1O)O[N+](=O)[O-]. The third-order valence-corrected chi connectivity index (χ3v) is 4.84. The summed E-state index contributed by atoms with van der Waals surface area (Å²) in [5.74, 6) is -1.02. The number of benzene rings is 2. The van der Waals surface area contributed by atoms with E-state index in [1.165, 1.54) is 30.0 Å². The molecule has 12 heteroatoms. The van der Waals surface area contributed by atoms with E-state index in [0.29, 0.717) is 23.3 Å². The molecule has 29 heavy (non-hydrogen) atoms. The van der Waals surface area contributed by atoms with Gasteiger partial charge in [-0.25, -0.2) is 8.78 Å². The van der Waals surface area contributed by atoms with Crippen molar-refractivity contribution in [1.82, 2.24) is 0 Å². The van der Waals surface area contributed by atoms with E-state index in [2.05, 4.69) is 9.68 Å². The minimum atomic E-state index is -1.13. The summed E-state index contributed by atoms with van der Waals surface area (Å²) in [6.45, 7) is -0.592. The topological polar surface area (TPSA) is 125 Å². The second kappa shape index (κ2) is 10.4. The fraction of sp³-hybridized carbons (Fsp3) is 0.294. The molecule has 0 aliphatic rings. The van der Waals surface area contributed by atoms with Gasteiger partial charge in [0.25, 0.3) is 10.2 Å². The van der Waals surface area contributed by atoms with E-state index in [1.807, 2.05) is 0 Å². The molecule has 2 rings (SSSR count). The fourth-order valence-corrected chi connectivity index (χ4v) is 3.40. The summed E-state index contributed by atoms with van der Waals surface area (Å²) < 4.78 is 27.0. The minimum absolute atomic E-state index is 0.0216. The molecule has 0 radical (unpaired) electrons. The van der Waals surface area contributed by atoms with Crippen LogP contribution in [0.3, 0.4) is 0 Å². The van der Waals surface area contributed by atoms with Crippen molar-refractivity contribution >= 4 is 11.8 Å². The molecular weight excluding hydrogens is 414 g/mol. The van der Waals surface area contributed by atoms with Gasteiger partial charge in [0.1, 0.15) is 30.1 Å². The number of phenolic OH excluding ortho intramolecular Hbond substituents is 1. The highest BCUT2D eigenvalue weighted by atomic mass is 32.2. The molecule has 0 amide bonds. The second-order valence-corrected chi connectivity index (χ2v) is 6.91. The molecule has 1 unspecified atom stereocenters. The average molecular weight is 430 g/mol. The van der Waals surface area contributed by atoms with E-state index in [1.54, 1.807) is 6.07 Å². The number of hydrogen-bond acceptors (Lipinski definition) is 8. The van der Waals surface area contributed by atoms with Gasteiger partial charge in [0.05, 0.1) is 0 Å². The number of aromatic hydroxyl groups is 1. The summed E-state index contributed by atoms with van der Waals surface area (Å²) in [6, 6.07) is 7.64. The van der Waals surface area contributed by atoms with Crippen LogP contribution in [0.1, 0.15) is 5.56 Å². The molecule has 9 nitrogen and oxygen atoms in total. The van der Waals surface area contributed by atoms with Crippen molar-refractivity contribution in [1.29, 1.82) is 0 Å². The normalized spacial score (nSPS) is 11.7. The van der Waals surface area contributed by atoms with E-state index in [-0.39, 0.29) is 17.1 Å². The molecule has 2 aromatic rings. The maximum Gasteiger partial charge on any atom is 0.294 e. The maximum atomic E-state index is 14.0. The van der Waals surface area contributed by atoms with Gasteiger partial charge >= 0.3 is 0 Å². The lowest BCUT2D eigenvalue weighted by molar-refractivity contribution is -0.788. The molecule has 0 saturated heterocycles. The quantitative estimate of drug-likeness (QED) is 0.327. The molecule has 2 aromatic carbocycles. The molecule has 156 valence electrons. The predicted octanol–water partition coefficient (Wildman–Crippen LogP) is 3.40. The lowest BCUT2D eigenvalue weighted by Gasteiger charge is -2.13. The van der Waals surface area contributed by atoms with Crippen LogP contribution in [0.15, 0.2) is 36.4 Å². The Labute approximate surface area is 167 Å². The Morgan fingerprint density at radius 3 is 2.52 bits per heavy atom. The zero-order chi connectivity index (χ0) is 21.4. The molecular formula is C17H16F2N2O7S. The Hall–Kier alpha value is -3.15. The van der Waals surface area contributed by atoms with Crippen LogP contribution < -0.4 is 0 Å². The van der Waals surface area contributed by atoms with Crippen molar-refractivity contribution in [3.8, 4) is 16.9 Å². The molecule has 0 fully saturated rings. The summed E-state index contributed by atoms with van der Waals surface area (Å²) in [6.07, 6.45) is -0.803. The number of aryl methyl sites for hydroxylation is 1. The van der Waals surface area contributed by atoms with Crippen molar-refractivity contribution in [2.24, 2.45) is 0 Å². The van der Waals surface area contributed by atoms with Crippen molar-refractivity contribution in [3.05, 3.63) is 73.8 Å². The Morgan fingerprint density at radius 1 is 1.10 bits per heavy atom. The van der Waals surface area contributed by atoms with Crippen LogP contribution in [0.25, 0.3) is 11.1 Å². The summed E-state index contributed by atoms with van der Waals surface area (Å²) in [5.41, 5.74) is 1.12. The molecule has 0 saturated carbocycles. The van der Waals surface area contributed by atoms with Crippen LogP contribution in [-0.4, -0.2) is 39.5 Å². The standard InChI is InChI=1S/C17H16F2N2O7S/c18-13-2-3-15(16(19)8-13)11-1-4-17(22)12(7-11)5-6-29-10-14(28-21(25)26)9-27-20(23)24/h1-4,7-8,14,22H,5-6,9-10H2. The van der Waals surface area contributed by atoms with Crippen molar-refractivity contribution in [3.63, 3.8) is 0 Å². The van der Waals surface area contributed by atoms with Crippen molar-refractivity contribution in [2.75, 3.05) is 18.1 Å². The maximum absolute atomic E-state index is 14.0. The Balaban J connectivity index is 1.97. The number of halogens is 2. The largest absolute Gasteiger partial charge is 0.508 e. The van der Waals surface area contributed by atoms with E-state index in [4.69, 9.17) is 0 Å². The summed E-state index contributed by atoms with van der Waals surface area (Å²) >= 11 is 1.20. The minimum Gasteiger partial charge on any atom is -0.508 e. The van der Waals surface area contributed by atoms with Crippen LogP contribution >= 0.6 is 11.8 Å². The van der Waals surface area contributed by atoms with Gasteiger partial charge in [0, 0.05) is 17.4 Å². The Bertz CT molecular complexity index is 885. The number of thioether (sulfide) groups is 1. The monoisotopic (exact) mass is 430 g/mol. The smallest absolute Gasteiger partial charge is 0.294 e. The van der Waals surface area contributed by atoms with Gasteiger partial charge in [-0.3, -0.25) is 0 Å². The zero-order valence-electron chi connectivity index (χ0n) is 14.8. The average Bonchev–Trinajstić information content (AvgIpc) is 2.64. The number of phenols is 1. The van der Waals surface area contributed by atoms with Crippen molar-refractivity contribution in [2.45, 2.75) is 12.5 Å². The van der Waals surface area contributed by atoms with Crippen molar-refractivity contribution < 1.29 is 33.7 Å². The van der Waals surface area contributed by atoms with Gasteiger partial charge in [-0.15, -0.1) is 20.2 Å². The van der Waals surface area contributed by atoms with E-state index >= 15 is 0 Å². The fourth-order valence-electron chi connectivity index (χ4n) is 2.45.